The monoisotopic (exact) mass is 578 g/mol. The Balaban J connectivity index is 0.960. The quantitative estimate of drug-likeness (QED) is 0.182. The minimum atomic E-state index is -0.109. The van der Waals surface area contributed by atoms with E-state index >= 15 is 0 Å². The Hall–Kier alpha value is -4.03. The molecule has 4 rings (SSSR count). The van der Waals surface area contributed by atoms with Crippen LogP contribution in [0.1, 0.15) is 12.5 Å². The molecule has 1 aliphatic heterocycles. The standard InChI is InChI=1S/C31H38N4O7/c1-23(36)34-26-5-7-27(8-6-26)42-20-19-41-18-17-40-16-15-39-14-13-38-12-11-33-31-28(3-2-10-32-31)24-4-9-29-25(21-24)22-30(37)35-29/h2-10,21H,11-20,22H2,1H3,(H,32,33)(H,34,36)(H,35,37). The summed E-state index contributed by atoms with van der Waals surface area (Å²) < 4.78 is 27.8. The normalized spacial score (nSPS) is 12.1. The van der Waals surface area contributed by atoms with E-state index in [9.17, 15) is 9.59 Å². The molecule has 2 heterocycles. The SMILES string of the molecule is CC(=O)Nc1ccc(OCCOCCOCCOCCOCCNc2ncccc2-c2ccc3c(c2)CC(=O)N3)cc1. The maximum Gasteiger partial charge on any atom is 0.228 e. The van der Waals surface area contributed by atoms with Crippen LogP contribution in [0.4, 0.5) is 17.2 Å². The van der Waals surface area contributed by atoms with Crippen LogP contribution in [0.25, 0.3) is 11.1 Å². The lowest BCUT2D eigenvalue weighted by Crippen LogP contribution is -2.15. The summed E-state index contributed by atoms with van der Waals surface area (Å²) in [4.78, 5) is 27.2. The zero-order valence-electron chi connectivity index (χ0n) is 23.9. The molecule has 11 heteroatoms. The molecule has 3 N–H and O–H groups in total. The molecule has 2 aromatic carbocycles. The predicted octanol–water partition coefficient (Wildman–Crippen LogP) is 3.76. The van der Waals surface area contributed by atoms with Crippen molar-refractivity contribution in [3.63, 3.8) is 0 Å². The van der Waals surface area contributed by atoms with Crippen molar-refractivity contribution in [1.29, 1.82) is 0 Å². The Morgan fingerprint density at radius 1 is 0.857 bits per heavy atom. The van der Waals surface area contributed by atoms with Gasteiger partial charge >= 0.3 is 0 Å². The van der Waals surface area contributed by atoms with Gasteiger partial charge in [0.1, 0.15) is 18.2 Å². The summed E-state index contributed by atoms with van der Waals surface area (Å²) in [5, 5.41) is 8.91. The Kier molecular flexibility index (Phi) is 12.5. The van der Waals surface area contributed by atoms with Gasteiger partial charge in [0.2, 0.25) is 11.8 Å². The molecule has 0 atom stereocenters. The molecule has 11 nitrogen and oxygen atoms in total. The number of hydrogen-bond donors (Lipinski definition) is 3. The van der Waals surface area contributed by atoms with Gasteiger partial charge in [-0.2, -0.15) is 0 Å². The average molecular weight is 579 g/mol. The summed E-state index contributed by atoms with van der Waals surface area (Å²) in [5.41, 5.74) is 4.60. The predicted molar refractivity (Wildman–Crippen MR) is 160 cm³/mol. The number of carbonyl (C=O) groups is 2. The summed E-state index contributed by atoms with van der Waals surface area (Å²) in [6, 6.07) is 17.1. The van der Waals surface area contributed by atoms with E-state index in [-0.39, 0.29) is 11.8 Å². The van der Waals surface area contributed by atoms with E-state index in [2.05, 4.69) is 20.9 Å². The van der Waals surface area contributed by atoms with Gasteiger partial charge in [0.25, 0.3) is 0 Å². The number of rotatable bonds is 19. The van der Waals surface area contributed by atoms with Crippen LogP contribution >= 0.6 is 0 Å². The van der Waals surface area contributed by atoms with Crippen molar-refractivity contribution in [2.45, 2.75) is 13.3 Å². The van der Waals surface area contributed by atoms with Crippen LogP contribution in [0.2, 0.25) is 0 Å². The van der Waals surface area contributed by atoms with Gasteiger partial charge in [-0.1, -0.05) is 6.07 Å². The highest BCUT2D eigenvalue weighted by Gasteiger charge is 2.18. The van der Waals surface area contributed by atoms with Crippen LogP contribution < -0.4 is 20.7 Å². The first-order valence-electron chi connectivity index (χ1n) is 14.0. The lowest BCUT2D eigenvalue weighted by atomic mass is 10.0. The van der Waals surface area contributed by atoms with Crippen LogP contribution in [-0.2, 0) is 35.0 Å². The van der Waals surface area contributed by atoms with Crippen molar-refractivity contribution in [3.05, 3.63) is 66.4 Å². The molecule has 3 aromatic rings. The molecule has 0 unspecified atom stereocenters. The fourth-order valence-electron chi connectivity index (χ4n) is 4.24. The molecule has 1 aliphatic rings. The smallest absolute Gasteiger partial charge is 0.228 e. The van der Waals surface area contributed by atoms with Gasteiger partial charge in [-0.25, -0.2) is 4.98 Å². The Bertz CT molecular complexity index is 1290. The maximum atomic E-state index is 11.7. The highest BCUT2D eigenvalue weighted by Crippen LogP contribution is 2.31. The van der Waals surface area contributed by atoms with Crippen molar-refractivity contribution in [2.75, 3.05) is 82.0 Å². The summed E-state index contributed by atoms with van der Waals surface area (Å²) >= 11 is 0. The third kappa shape index (κ3) is 10.4. The van der Waals surface area contributed by atoms with Crippen LogP contribution in [0.5, 0.6) is 5.75 Å². The lowest BCUT2D eigenvalue weighted by Gasteiger charge is -2.12. The Morgan fingerprint density at radius 2 is 1.52 bits per heavy atom. The second kappa shape index (κ2) is 17.0. The van der Waals surface area contributed by atoms with Crippen molar-refractivity contribution in [3.8, 4) is 16.9 Å². The molecule has 0 aliphatic carbocycles. The third-order valence-electron chi connectivity index (χ3n) is 6.18. The van der Waals surface area contributed by atoms with Gasteiger partial charge < -0.3 is 39.6 Å². The van der Waals surface area contributed by atoms with Crippen molar-refractivity contribution < 1.29 is 33.3 Å². The summed E-state index contributed by atoms with van der Waals surface area (Å²) in [5.74, 6) is 1.40. The topological polar surface area (TPSA) is 129 Å². The van der Waals surface area contributed by atoms with E-state index in [1.165, 1.54) is 6.92 Å². The van der Waals surface area contributed by atoms with Gasteiger partial charge in [-0.05, 0) is 59.7 Å². The highest BCUT2D eigenvalue weighted by atomic mass is 16.6. The molecule has 1 aromatic heterocycles. The summed E-state index contributed by atoms with van der Waals surface area (Å²) in [7, 11) is 0. The molecule has 0 bridgehead atoms. The van der Waals surface area contributed by atoms with Gasteiger partial charge in [-0.3, -0.25) is 9.59 Å². The molecular weight excluding hydrogens is 540 g/mol. The first kappa shape index (κ1) is 30.9. The minimum absolute atomic E-state index is 0.0223. The fourth-order valence-corrected chi connectivity index (χ4v) is 4.24. The van der Waals surface area contributed by atoms with E-state index < -0.39 is 0 Å². The Labute approximate surface area is 245 Å². The highest BCUT2D eigenvalue weighted by molar-refractivity contribution is 6.00. The summed E-state index contributed by atoms with van der Waals surface area (Å²) in [6.45, 7) is 6.37. The molecule has 0 fully saturated rings. The molecular formula is C31H38N4O7. The van der Waals surface area contributed by atoms with Crippen molar-refractivity contribution in [2.24, 2.45) is 0 Å². The average Bonchev–Trinajstić information content (AvgIpc) is 3.37. The maximum absolute atomic E-state index is 11.7. The number of hydrogen-bond acceptors (Lipinski definition) is 9. The number of pyridine rings is 1. The number of carbonyl (C=O) groups excluding carboxylic acids is 2. The van der Waals surface area contributed by atoms with E-state index in [0.717, 1.165) is 33.9 Å². The van der Waals surface area contributed by atoms with Crippen molar-refractivity contribution in [1.82, 2.24) is 4.98 Å². The molecule has 224 valence electrons. The van der Waals surface area contributed by atoms with Crippen LogP contribution in [0.3, 0.4) is 0 Å². The lowest BCUT2D eigenvalue weighted by molar-refractivity contribution is -0.115. The molecule has 42 heavy (non-hydrogen) atoms. The van der Waals surface area contributed by atoms with Crippen molar-refractivity contribution >= 4 is 29.0 Å². The second-order valence-corrected chi connectivity index (χ2v) is 9.43. The molecule has 0 spiro atoms. The van der Waals surface area contributed by atoms with Gasteiger partial charge in [-0.15, -0.1) is 0 Å². The van der Waals surface area contributed by atoms with Gasteiger partial charge in [0.15, 0.2) is 0 Å². The largest absolute Gasteiger partial charge is 0.491 e. The number of fused-ring (bicyclic) bond motifs is 1. The molecule has 0 radical (unpaired) electrons. The molecule has 0 saturated heterocycles. The number of nitrogens with zero attached hydrogens (tertiary/aromatic N) is 1. The third-order valence-corrected chi connectivity index (χ3v) is 6.18. The zero-order chi connectivity index (χ0) is 29.4. The zero-order valence-corrected chi connectivity index (χ0v) is 23.9. The molecule has 0 saturated carbocycles. The van der Waals surface area contributed by atoms with E-state index in [1.54, 1.807) is 30.5 Å². The molecule has 2 amide bonds. The summed E-state index contributed by atoms with van der Waals surface area (Å²) in [6.07, 6.45) is 2.15. The number of benzene rings is 2. The van der Waals surface area contributed by atoms with Crippen LogP contribution in [-0.4, -0.2) is 82.8 Å². The first-order chi connectivity index (χ1) is 20.6. The Morgan fingerprint density at radius 3 is 2.21 bits per heavy atom. The fraction of sp³-hybridized carbons (Fsp3) is 0.387. The van der Waals surface area contributed by atoms with E-state index in [0.29, 0.717) is 78.2 Å². The van der Waals surface area contributed by atoms with Gasteiger partial charge in [0, 0.05) is 36.6 Å². The number of amides is 2. The van der Waals surface area contributed by atoms with Crippen LogP contribution in [0.15, 0.2) is 60.8 Å². The number of aromatic nitrogens is 1. The van der Waals surface area contributed by atoms with E-state index in [4.69, 9.17) is 23.7 Å². The second-order valence-electron chi connectivity index (χ2n) is 9.43. The van der Waals surface area contributed by atoms with E-state index in [1.807, 2.05) is 30.3 Å². The number of ether oxygens (including phenoxy) is 5. The number of anilines is 3. The van der Waals surface area contributed by atoms with Crippen LogP contribution in [0, 0.1) is 0 Å². The van der Waals surface area contributed by atoms with Gasteiger partial charge in [0.05, 0.1) is 59.3 Å². The minimum Gasteiger partial charge on any atom is -0.491 e. The number of nitrogens with one attached hydrogen (secondary N) is 3. The first-order valence-corrected chi connectivity index (χ1v) is 14.0.